The Morgan fingerprint density at radius 2 is 1.83 bits per heavy atom. The topological polar surface area (TPSA) is 67.9 Å². The second-order valence-corrected chi connectivity index (χ2v) is 8.17. The quantitative estimate of drug-likeness (QED) is 0.817. The molecule has 1 aliphatic rings. The average molecular weight is 342 g/mol. The van der Waals surface area contributed by atoms with Gasteiger partial charge in [0.15, 0.2) is 11.5 Å². The molecule has 1 N–H and O–H groups in total. The van der Waals surface area contributed by atoms with Gasteiger partial charge in [-0.15, -0.1) is 0 Å². The maximum atomic E-state index is 12.5. The molecule has 1 aliphatic heterocycles. The van der Waals surface area contributed by atoms with E-state index in [2.05, 4.69) is 18.6 Å². The summed E-state index contributed by atoms with van der Waals surface area (Å²) in [7, 11) is 0.357. The Kier molecular flexibility index (Phi) is 5.89. The summed E-state index contributed by atoms with van der Waals surface area (Å²) in [6.07, 6.45) is 0.927. The summed E-state index contributed by atoms with van der Waals surface area (Å²) >= 11 is 0. The maximum absolute atomic E-state index is 12.5. The summed E-state index contributed by atoms with van der Waals surface area (Å²) in [5, 5.41) is 0. The molecule has 0 aliphatic carbocycles. The van der Waals surface area contributed by atoms with Crippen LogP contribution in [0.15, 0.2) is 23.1 Å². The monoisotopic (exact) mass is 342 g/mol. The predicted molar refractivity (Wildman–Crippen MR) is 89.6 cm³/mol. The van der Waals surface area contributed by atoms with Gasteiger partial charge in [0.05, 0.1) is 4.90 Å². The first kappa shape index (κ1) is 18.0. The molecule has 0 radical (unpaired) electrons. The van der Waals surface area contributed by atoms with Gasteiger partial charge in [0, 0.05) is 18.7 Å². The number of likely N-dealkylation sites (N-methyl/N-ethyl adjacent to an activating group) is 1. The van der Waals surface area contributed by atoms with Crippen LogP contribution in [-0.2, 0) is 10.0 Å². The van der Waals surface area contributed by atoms with Gasteiger partial charge in [-0.1, -0.05) is 13.8 Å². The number of hydrogen-bond acceptors (Lipinski definition) is 5. The minimum absolute atomic E-state index is 0.155. The molecule has 0 saturated heterocycles. The molecule has 0 unspecified atom stereocenters. The highest BCUT2D eigenvalue weighted by atomic mass is 32.2. The van der Waals surface area contributed by atoms with Crippen LogP contribution in [0.25, 0.3) is 0 Å². The van der Waals surface area contributed by atoms with Gasteiger partial charge < -0.3 is 14.4 Å². The van der Waals surface area contributed by atoms with Crippen molar-refractivity contribution in [1.29, 1.82) is 0 Å². The fourth-order valence-electron chi connectivity index (χ4n) is 2.50. The third-order valence-electron chi connectivity index (χ3n) is 3.81. The summed E-state index contributed by atoms with van der Waals surface area (Å²) in [5.41, 5.74) is 0. The Bertz CT molecular complexity index is 629. The van der Waals surface area contributed by atoms with E-state index < -0.39 is 10.0 Å². The number of benzene rings is 1. The van der Waals surface area contributed by atoms with Gasteiger partial charge in [0.25, 0.3) is 0 Å². The molecule has 1 atom stereocenters. The minimum Gasteiger partial charge on any atom is -0.486 e. The van der Waals surface area contributed by atoms with E-state index in [-0.39, 0.29) is 10.9 Å². The van der Waals surface area contributed by atoms with Gasteiger partial charge in [-0.3, -0.25) is 0 Å². The van der Waals surface area contributed by atoms with Crippen LogP contribution in [-0.4, -0.2) is 53.2 Å². The van der Waals surface area contributed by atoms with E-state index in [4.69, 9.17) is 9.47 Å². The molecule has 7 heteroatoms. The maximum Gasteiger partial charge on any atom is 0.240 e. The van der Waals surface area contributed by atoms with E-state index in [0.29, 0.717) is 37.2 Å². The molecule has 0 spiro atoms. The predicted octanol–water partition coefficient (Wildman–Crippen LogP) is 1.71. The number of hydrogen-bond donors (Lipinski definition) is 1. The van der Waals surface area contributed by atoms with Crippen molar-refractivity contribution in [2.75, 3.05) is 33.9 Å². The number of sulfonamides is 1. The summed E-state index contributed by atoms with van der Waals surface area (Å²) in [4.78, 5) is 2.25. The highest BCUT2D eigenvalue weighted by Gasteiger charge is 2.21. The number of nitrogens with zero attached hydrogens (tertiary/aromatic N) is 1. The fourth-order valence-corrected chi connectivity index (χ4v) is 3.59. The zero-order valence-electron chi connectivity index (χ0n) is 14.2. The molecule has 23 heavy (non-hydrogen) atoms. The van der Waals surface area contributed by atoms with Gasteiger partial charge >= 0.3 is 0 Å². The molecule has 0 saturated carbocycles. The first-order chi connectivity index (χ1) is 10.8. The second-order valence-electron chi connectivity index (χ2n) is 6.40. The first-order valence-electron chi connectivity index (χ1n) is 7.85. The van der Waals surface area contributed by atoms with Crippen molar-refractivity contribution in [3.8, 4) is 11.5 Å². The van der Waals surface area contributed by atoms with Crippen molar-refractivity contribution in [3.05, 3.63) is 18.2 Å². The molecule has 0 bridgehead atoms. The second kappa shape index (κ2) is 7.51. The molecule has 2 rings (SSSR count). The van der Waals surface area contributed by atoms with Crippen molar-refractivity contribution >= 4 is 10.0 Å². The summed E-state index contributed by atoms with van der Waals surface area (Å²) in [6, 6.07) is 4.86. The zero-order chi connectivity index (χ0) is 17.0. The van der Waals surface area contributed by atoms with Crippen LogP contribution < -0.4 is 14.2 Å². The molecule has 6 nitrogen and oxygen atoms in total. The lowest BCUT2D eigenvalue weighted by Crippen LogP contribution is -2.41. The zero-order valence-corrected chi connectivity index (χ0v) is 15.0. The fraction of sp³-hybridized carbons (Fsp3) is 0.625. The van der Waals surface area contributed by atoms with Gasteiger partial charge in [-0.25, -0.2) is 13.1 Å². The third-order valence-corrected chi connectivity index (χ3v) is 5.23. The minimum atomic E-state index is -3.57. The van der Waals surface area contributed by atoms with Crippen molar-refractivity contribution in [2.45, 2.75) is 31.2 Å². The first-order valence-corrected chi connectivity index (χ1v) is 9.33. The van der Waals surface area contributed by atoms with E-state index in [1.807, 2.05) is 19.0 Å². The Balaban J connectivity index is 2.09. The highest BCUT2D eigenvalue weighted by molar-refractivity contribution is 7.89. The molecule has 0 amide bonds. The Labute approximate surface area is 138 Å². The van der Waals surface area contributed by atoms with Crippen LogP contribution in [0, 0.1) is 5.92 Å². The third kappa shape index (κ3) is 4.83. The molecular formula is C16H26N2O4S. The van der Waals surface area contributed by atoms with E-state index >= 15 is 0 Å². The van der Waals surface area contributed by atoms with Crippen LogP contribution in [0.2, 0.25) is 0 Å². The van der Waals surface area contributed by atoms with Crippen molar-refractivity contribution < 1.29 is 17.9 Å². The molecule has 1 aromatic carbocycles. The Hall–Kier alpha value is -1.31. The van der Waals surface area contributed by atoms with Gasteiger partial charge in [0.1, 0.15) is 13.2 Å². The lowest BCUT2D eigenvalue weighted by atomic mass is 10.0. The number of ether oxygens (including phenoxy) is 2. The summed E-state index contributed by atoms with van der Waals surface area (Å²) in [5.74, 6) is 1.56. The Morgan fingerprint density at radius 1 is 1.17 bits per heavy atom. The van der Waals surface area contributed by atoms with Crippen molar-refractivity contribution in [3.63, 3.8) is 0 Å². The molecule has 1 aromatic rings. The van der Waals surface area contributed by atoms with Gasteiger partial charge in [0.2, 0.25) is 10.0 Å². The van der Waals surface area contributed by atoms with Crippen molar-refractivity contribution in [1.82, 2.24) is 9.62 Å². The smallest absolute Gasteiger partial charge is 0.240 e. The largest absolute Gasteiger partial charge is 0.486 e. The molecule has 0 fully saturated rings. The summed E-state index contributed by atoms with van der Waals surface area (Å²) < 4.78 is 38.6. The number of nitrogens with one attached hydrogen (secondary N) is 1. The van der Waals surface area contributed by atoms with Crippen LogP contribution in [0.3, 0.4) is 0 Å². The van der Waals surface area contributed by atoms with E-state index in [9.17, 15) is 8.42 Å². The van der Waals surface area contributed by atoms with E-state index in [0.717, 1.165) is 6.42 Å². The lowest BCUT2D eigenvalue weighted by molar-refractivity contribution is 0.171. The molecule has 1 heterocycles. The number of rotatable bonds is 7. The number of fused-ring (bicyclic) bond motifs is 1. The normalized spacial score (nSPS) is 15.9. The standard InChI is InChI=1S/C16H26N2O4S/c1-12(2)9-13(18(3)4)11-17-23(19,20)14-5-6-15-16(10-14)22-8-7-21-15/h5-6,10,12-13,17H,7-9,11H2,1-4H3/t13-/m0/s1. The van der Waals surface area contributed by atoms with Crippen molar-refractivity contribution in [2.24, 2.45) is 5.92 Å². The SMILES string of the molecule is CC(C)C[C@@H](CNS(=O)(=O)c1ccc2c(c1)OCCO2)N(C)C. The molecule has 0 aromatic heterocycles. The Morgan fingerprint density at radius 3 is 2.43 bits per heavy atom. The van der Waals surface area contributed by atoms with E-state index in [1.54, 1.807) is 12.1 Å². The lowest BCUT2D eigenvalue weighted by Gasteiger charge is -2.26. The van der Waals surface area contributed by atoms with Crippen LogP contribution in [0.5, 0.6) is 11.5 Å². The van der Waals surface area contributed by atoms with Crippen LogP contribution in [0.1, 0.15) is 20.3 Å². The molecule has 130 valence electrons. The summed E-state index contributed by atoms with van der Waals surface area (Å²) in [6.45, 7) is 5.55. The van der Waals surface area contributed by atoms with E-state index in [1.165, 1.54) is 6.07 Å². The highest BCUT2D eigenvalue weighted by Crippen LogP contribution is 2.32. The van der Waals surface area contributed by atoms with Gasteiger partial charge in [-0.2, -0.15) is 0 Å². The van der Waals surface area contributed by atoms with Crippen LogP contribution in [0.4, 0.5) is 0 Å². The van der Waals surface area contributed by atoms with Crippen LogP contribution >= 0.6 is 0 Å². The average Bonchev–Trinajstić information content (AvgIpc) is 2.50. The molecular weight excluding hydrogens is 316 g/mol. The van der Waals surface area contributed by atoms with Gasteiger partial charge in [-0.05, 0) is 38.6 Å².